The maximum Gasteiger partial charge on any atom is 0.208 e. The summed E-state index contributed by atoms with van der Waals surface area (Å²) in [5, 5.41) is 0.849. The molecule has 2 aromatic carbocycles. The standard InChI is InChI=1S/C22H25N3O2S/c1-3-24(2)18-12-13-25(16-18)21-11-7-8-17-14-20(15-23-22(17)21)28(26,27)19-9-5-4-6-10-19/h4-11,14-15,18H,3,12-13,16H2,1-2H3/t18-/m0/s1. The van der Waals surface area contributed by atoms with Gasteiger partial charge in [-0.25, -0.2) is 8.42 Å². The molecule has 146 valence electrons. The van der Waals surface area contributed by atoms with E-state index in [9.17, 15) is 8.42 Å². The van der Waals surface area contributed by atoms with Crippen molar-refractivity contribution in [3.63, 3.8) is 0 Å². The number of para-hydroxylation sites is 1. The van der Waals surface area contributed by atoms with Crippen LogP contribution in [0.3, 0.4) is 0 Å². The second-order valence-electron chi connectivity index (χ2n) is 7.30. The number of aromatic nitrogens is 1. The van der Waals surface area contributed by atoms with Crippen molar-refractivity contribution in [3.8, 4) is 0 Å². The Labute approximate surface area is 166 Å². The van der Waals surface area contributed by atoms with Crippen LogP contribution in [-0.4, -0.2) is 51.0 Å². The average Bonchev–Trinajstić information content (AvgIpc) is 3.23. The first-order valence-corrected chi connectivity index (χ1v) is 11.1. The van der Waals surface area contributed by atoms with Crippen molar-refractivity contribution in [2.45, 2.75) is 29.2 Å². The summed E-state index contributed by atoms with van der Waals surface area (Å²) >= 11 is 0. The predicted molar refractivity (Wildman–Crippen MR) is 113 cm³/mol. The molecule has 28 heavy (non-hydrogen) atoms. The highest BCUT2D eigenvalue weighted by atomic mass is 32.2. The van der Waals surface area contributed by atoms with Crippen LogP contribution in [-0.2, 0) is 9.84 Å². The minimum Gasteiger partial charge on any atom is -0.368 e. The van der Waals surface area contributed by atoms with Gasteiger partial charge in [0, 0.05) is 30.7 Å². The minimum atomic E-state index is -3.57. The van der Waals surface area contributed by atoms with E-state index >= 15 is 0 Å². The molecule has 1 aliphatic heterocycles. The maximum absolute atomic E-state index is 12.9. The van der Waals surface area contributed by atoms with Crippen LogP contribution < -0.4 is 4.90 Å². The van der Waals surface area contributed by atoms with Crippen molar-refractivity contribution in [2.24, 2.45) is 0 Å². The monoisotopic (exact) mass is 395 g/mol. The average molecular weight is 396 g/mol. The van der Waals surface area contributed by atoms with Gasteiger partial charge in [0.15, 0.2) is 0 Å². The van der Waals surface area contributed by atoms with Crippen LogP contribution in [0.25, 0.3) is 10.9 Å². The maximum atomic E-state index is 12.9. The van der Waals surface area contributed by atoms with E-state index in [0.29, 0.717) is 6.04 Å². The largest absolute Gasteiger partial charge is 0.368 e. The van der Waals surface area contributed by atoms with Gasteiger partial charge in [-0.15, -0.1) is 0 Å². The van der Waals surface area contributed by atoms with Crippen molar-refractivity contribution in [3.05, 3.63) is 60.8 Å². The van der Waals surface area contributed by atoms with Crippen LogP contribution in [0.2, 0.25) is 0 Å². The molecular formula is C22H25N3O2S. The van der Waals surface area contributed by atoms with E-state index in [1.54, 1.807) is 30.3 Å². The molecule has 1 saturated heterocycles. The Morgan fingerprint density at radius 1 is 1.11 bits per heavy atom. The summed E-state index contributed by atoms with van der Waals surface area (Å²) in [5.74, 6) is 0. The second-order valence-corrected chi connectivity index (χ2v) is 9.25. The van der Waals surface area contributed by atoms with E-state index in [4.69, 9.17) is 0 Å². The molecule has 1 atom stereocenters. The number of benzene rings is 2. The molecule has 6 heteroatoms. The highest BCUT2D eigenvalue weighted by Crippen LogP contribution is 2.31. The Morgan fingerprint density at radius 3 is 2.64 bits per heavy atom. The molecule has 0 spiro atoms. The lowest BCUT2D eigenvalue weighted by atomic mass is 10.2. The first-order chi connectivity index (χ1) is 13.5. The van der Waals surface area contributed by atoms with Gasteiger partial charge in [-0.05, 0) is 44.3 Å². The third kappa shape index (κ3) is 3.38. The minimum absolute atomic E-state index is 0.230. The first-order valence-electron chi connectivity index (χ1n) is 9.65. The van der Waals surface area contributed by atoms with Gasteiger partial charge in [0.25, 0.3) is 0 Å². The van der Waals surface area contributed by atoms with E-state index in [-0.39, 0.29) is 9.79 Å². The van der Waals surface area contributed by atoms with Crippen molar-refractivity contribution >= 4 is 26.4 Å². The number of rotatable bonds is 5. The molecule has 1 fully saturated rings. The first kappa shape index (κ1) is 18.9. The van der Waals surface area contributed by atoms with Crippen LogP contribution in [0, 0.1) is 0 Å². The number of anilines is 1. The molecular weight excluding hydrogens is 370 g/mol. The molecule has 0 aliphatic carbocycles. The van der Waals surface area contributed by atoms with Gasteiger partial charge < -0.3 is 9.80 Å². The van der Waals surface area contributed by atoms with E-state index < -0.39 is 9.84 Å². The third-order valence-electron chi connectivity index (χ3n) is 5.65. The summed E-state index contributed by atoms with van der Waals surface area (Å²) in [6, 6.07) is 16.8. The zero-order valence-electron chi connectivity index (χ0n) is 16.2. The van der Waals surface area contributed by atoms with Crippen LogP contribution in [0.5, 0.6) is 0 Å². The number of hydrogen-bond donors (Lipinski definition) is 0. The van der Waals surface area contributed by atoms with Gasteiger partial charge >= 0.3 is 0 Å². The summed E-state index contributed by atoms with van der Waals surface area (Å²) < 4.78 is 25.8. The normalized spacial score (nSPS) is 17.5. The third-order valence-corrected chi connectivity index (χ3v) is 7.39. The second kappa shape index (κ2) is 7.53. The Kier molecular flexibility index (Phi) is 5.08. The zero-order valence-corrected chi connectivity index (χ0v) is 17.1. The van der Waals surface area contributed by atoms with Gasteiger partial charge in [-0.2, -0.15) is 0 Å². The Balaban J connectivity index is 1.70. The molecule has 3 aromatic rings. The fourth-order valence-corrected chi connectivity index (χ4v) is 5.10. The highest BCUT2D eigenvalue weighted by molar-refractivity contribution is 7.91. The molecule has 2 heterocycles. The van der Waals surface area contributed by atoms with E-state index in [2.05, 4.69) is 34.8 Å². The number of sulfone groups is 1. The number of likely N-dealkylation sites (N-methyl/N-ethyl adjacent to an activating group) is 1. The smallest absolute Gasteiger partial charge is 0.208 e. The van der Waals surface area contributed by atoms with Crippen molar-refractivity contribution in [2.75, 3.05) is 31.6 Å². The summed E-state index contributed by atoms with van der Waals surface area (Å²) in [6.07, 6.45) is 2.61. The van der Waals surface area contributed by atoms with Crippen LogP contribution >= 0.6 is 0 Å². The lowest BCUT2D eigenvalue weighted by Crippen LogP contribution is -2.34. The summed E-state index contributed by atoms with van der Waals surface area (Å²) in [4.78, 5) is 9.83. The fourth-order valence-electron chi connectivity index (χ4n) is 3.84. The molecule has 0 bridgehead atoms. The van der Waals surface area contributed by atoms with Crippen molar-refractivity contribution < 1.29 is 8.42 Å². The SMILES string of the molecule is CCN(C)[C@H]1CCN(c2cccc3cc(S(=O)(=O)c4ccccc4)cnc23)C1. The Bertz CT molecular complexity index is 1080. The van der Waals surface area contributed by atoms with Crippen molar-refractivity contribution in [1.29, 1.82) is 0 Å². The van der Waals surface area contributed by atoms with Crippen LogP contribution in [0.15, 0.2) is 70.6 Å². The predicted octanol–water partition coefficient (Wildman–Crippen LogP) is 3.60. The highest BCUT2D eigenvalue weighted by Gasteiger charge is 2.26. The summed E-state index contributed by atoms with van der Waals surface area (Å²) in [7, 11) is -1.41. The van der Waals surface area contributed by atoms with E-state index in [1.807, 2.05) is 18.2 Å². The zero-order chi connectivity index (χ0) is 19.7. The number of hydrogen-bond acceptors (Lipinski definition) is 5. The van der Waals surface area contributed by atoms with Crippen LogP contribution in [0.1, 0.15) is 13.3 Å². The summed E-state index contributed by atoms with van der Waals surface area (Å²) in [6.45, 7) is 5.17. The molecule has 5 nitrogen and oxygen atoms in total. The van der Waals surface area contributed by atoms with Gasteiger partial charge in [-0.3, -0.25) is 4.98 Å². The van der Waals surface area contributed by atoms with E-state index in [1.165, 1.54) is 6.20 Å². The van der Waals surface area contributed by atoms with Gasteiger partial charge in [-0.1, -0.05) is 37.3 Å². The lowest BCUT2D eigenvalue weighted by Gasteiger charge is -2.24. The molecule has 0 N–H and O–H groups in total. The molecule has 0 amide bonds. The number of pyridine rings is 1. The fraction of sp³-hybridized carbons (Fsp3) is 0.318. The number of nitrogens with zero attached hydrogens (tertiary/aromatic N) is 3. The lowest BCUT2D eigenvalue weighted by molar-refractivity contribution is 0.272. The quantitative estimate of drug-likeness (QED) is 0.661. The topological polar surface area (TPSA) is 53.5 Å². The van der Waals surface area contributed by atoms with Gasteiger partial charge in [0.1, 0.15) is 0 Å². The molecule has 1 aromatic heterocycles. The molecule has 0 unspecified atom stereocenters. The summed E-state index contributed by atoms with van der Waals surface area (Å²) in [5.41, 5.74) is 1.93. The van der Waals surface area contributed by atoms with E-state index in [0.717, 1.165) is 42.6 Å². The number of fused-ring (bicyclic) bond motifs is 1. The Morgan fingerprint density at radius 2 is 1.89 bits per heavy atom. The molecule has 4 rings (SSSR count). The molecule has 1 aliphatic rings. The molecule has 0 radical (unpaired) electrons. The van der Waals surface area contributed by atoms with Gasteiger partial charge in [0.2, 0.25) is 9.84 Å². The molecule has 0 saturated carbocycles. The van der Waals surface area contributed by atoms with Gasteiger partial charge in [0.05, 0.1) is 21.0 Å². The van der Waals surface area contributed by atoms with Crippen molar-refractivity contribution in [1.82, 2.24) is 9.88 Å². The van der Waals surface area contributed by atoms with Crippen LogP contribution in [0.4, 0.5) is 5.69 Å². The Hall–Kier alpha value is -2.44.